The van der Waals surface area contributed by atoms with Gasteiger partial charge in [0.2, 0.25) is 21.8 Å². The van der Waals surface area contributed by atoms with Gasteiger partial charge in [0.05, 0.1) is 11.9 Å². The van der Waals surface area contributed by atoms with Gasteiger partial charge in [-0.1, -0.05) is 71.2 Å². The van der Waals surface area contributed by atoms with E-state index < -0.39 is 34.1 Å². The molecule has 0 fully saturated rings. The van der Waals surface area contributed by atoms with Crippen LogP contribution in [0.1, 0.15) is 31.9 Å². The van der Waals surface area contributed by atoms with E-state index in [1.165, 1.54) is 17.0 Å². The van der Waals surface area contributed by atoms with Gasteiger partial charge in [-0.2, -0.15) is 0 Å². The minimum Gasteiger partial charge on any atom is -0.350 e. The van der Waals surface area contributed by atoms with Crippen molar-refractivity contribution < 1.29 is 18.0 Å². The zero-order valence-electron chi connectivity index (χ0n) is 22.7. The third-order valence-electron chi connectivity index (χ3n) is 5.92. The van der Waals surface area contributed by atoms with Crippen molar-refractivity contribution in [3.05, 3.63) is 99.0 Å². The summed E-state index contributed by atoms with van der Waals surface area (Å²) in [4.78, 5) is 29.2. The Morgan fingerprint density at radius 1 is 0.900 bits per heavy atom. The Hall–Kier alpha value is -2.78. The van der Waals surface area contributed by atoms with Crippen LogP contribution in [0.25, 0.3) is 0 Å². The number of rotatable bonds is 10. The molecule has 0 unspecified atom stereocenters. The zero-order chi connectivity index (χ0) is 29.7. The van der Waals surface area contributed by atoms with Crippen molar-refractivity contribution in [2.75, 3.05) is 17.1 Å². The number of sulfonamides is 1. The Balaban J connectivity index is 2.09. The van der Waals surface area contributed by atoms with Crippen molar-refractivity contribution >= 4 is 62.3 Å². The molecule has 214 valence electrons. The fourth-order valence-electron chi connectivity index (χ4n) is 4.06. The first-order valence-corrected chi connectivity index (χ1v) is 15.4. The van der Waals surface area contributed by atoms with Gasteiger partial charge in [-0.15, -0.1) is 0 Å². The molecule has 3 aromatic rings. The van der Waals surface area contributed by atoms with E-state index >= 15 is 0 Å². The topological polar surface area (TPSA) is 86.8 Å². The summed E-state index contributed by atoms with van der Waals surface area (Å²) in [6.07, 6.45) is 1.21. The van der Waals surface area contributed by atoms with Crippen LogP contribution in [0.5, 0.6) is 0 Å². The van der Waals surface area contributed by atoms with Crippen molar-refractivity contribution in [3.63, 3.8) is 0 Å². The van der Waals surface area contributed by atoms with Gasteiger partial charge in [0.25, 0.3) is 0 Å². The summed E-state index contributed by atoms with van der Waals surface area (Å²) in [5.41, 5.74) is 1.07. The van der Waals surface area contributed by atoms with Gasteiger partial charge >= 0.3 is 0 Å². The fraction of sp³-hybridized carbons (Fsp3) is 0.310. The lowest BCUT2D eigenvalue weighted by Crippen LogP contribution is -2.56. The third kappa shape index (κ3) is 9.13. The molecule has 0 aliphatic heterocycles. The lowest BCUT2D eigenvalue weighted by atomic mass is 10.0. The summed E-state index contributed by atoms with van der Waals surface area (Å²) in [5, 5.41) is 4.13. The van der Waals surface area contributed by atoms with Crippen LogP contribution in [0.2, 0.25) is 15.1 Å². The summed E-state index contributed by atoms with van der Waals surface area (Å²) in [5.74, 6) is -0.969. The molecule has 40 heavy (non-hydrogen) atoms. The van der Waals surface area contributed by atoms with E-state index in [1.54, 1.807) is 30.3 Å². The normalized spacial score (nSPS) is 12.5. The number of carbonyl (C=O) groups is 2. The predicted molar refractivity (Wildman–Crippen MR) is 162 cm³/mol. The number of benzene rings is 3. The maximum atomic E-state index is 14.1. The van der Waals surface area contributed by atoms with E-state index in [-0.39, 0.29) is 24.6 Å². The van der Waals surface area contributed by atoms with Crippen LogP contribution >= 0.6 is 34.8 Å². The molecule has 0 saturated carbocycles. The second kappa shape index (κ2) is 13.3. The van der Waals surface area contributed by atoms with Crippen LogP contribution in [-0.2, 0) is 32.6 Å². The summed E-state index contributed by atoms with van der Waals surface area (Å²) in [6.45, 7) is 4.94. The average Bonchev–Trinajstić information content (AvgIpc) is 2.85. The minimum atomic E-state index is -3.88. The molecular formula is C29H32Cl3N3O4S. The van der Waals surface area contributed by atoms with E-state index in [1.807, 2.05) is 51.1 Å². The maximum Gasteiger partial charge on any atom is 0.244 e. The molecule has 3 rings (SSSR count). The Morgan fingerprint density at radius 2 is 1.50 bits per heavy atom. The lowest BCUT2D eigenvalue weighted by Gasteiger charge is -2.35. The summed E-state index contributed by atoms with van der Waals surface area (Å²) in [7, 11) is -3.88. The quantitative estimate of drug-likeness (QED) is 0.301. The molecule has 0 radical (unpaired) electrons. The molecule has 1 N–H and O–H groups in total. The number of hydrogen-bond donors (Lipinski definition) is 1. The first kappa shape index (κ1) is 31.7. The second-order valence-electron chi connectivity index (χ2n) is 10.4. The Labute approximate surface area is 251 Å². The predicted octanol–water partition coefficient (Wildman–Crippen LogP) is 5.97. The zero-order valence-corrected chi connectivity index (χ0v) is 25.8. The SMILES string of the molecule is CC(C)(C)NC(=O)[C@H](Cc1ccccc1)N(Cc1ccc(Cl)cc1Cl)C(=O)CN(c1ccc(Cl)cc1)S(C)(=O)=O. The molecule has 0 heterocycles. The molecule has 0 spiro atoms. The summed E-state index contributed by atoms with van der Waals surface area (Å²) in [6, 6.07) is 19.3. The number of hydrogen-bond acceptors (Lipinski definition) is 4. The van der Waals surface area contributed by atoms with Crippen LogP contribution in [0.4, 0.5) is 5.69 Å². The highest BCUT2D eigenvalue weighted by molar-refractivity contribution is 7.92. The number of amides is 2. The van der Waals surface area contributed by atoms with Gasteiger partial charge in [-0.25, -0.2) is 8.42 Å². The number of nitrogens with zero attached hydrogens (tertiary/aromatic N) is 2. The molecule has 0 aliphatic rings. The highest BCUT2D eigenvalue weighted by Crippen LogP contribution is 2.26. The molecule has 11 heteroatoms. The summed E-state index contributed by atoms with van der Waals surface area (Å²) >= 11 is 18.6. The van der Waals surface area contributed by atoms with E-state index in [4.69, 9.17) is 34.8 Å². The molecule has 1 atom stereocenters. The standard InChI is InChI=1S/C29H32Cl3N3O4S/c1-29(2,3)33-28(37)26(16-20-8-6-5-7-9-20)34(18-21-10-11-23(31)17-25(21)32)27(36)19-35(40(4,38)39)24-14-12-22(30)13-15-24/h5-15,17,26H,16,18-19H2,1-4H3,(H,33,37)/t26-/m0/s1. The van der Waals surface area contributed by atoms with Crippen molar-refractivity contribution in [3.8, 4) is 0 Å². The molecule has 0 saturated heterocycles. The monoisotopic (exact) mass is 623 g/mol. The van der Waals surface area contributed by atoms with Gasteiger partial charge in [0, 0.05) is 33.6 Å². The third-order valence-corrected chi connectivity index (χ3v) is 7.90. The van der Waals surface area contributed by atoms with Crippen LogP contribution < -0.4 is 9.62 Å². The molecule has 7 nitrogen and oxygen atoms in total. The van der Waals surface area contributed by atoms with Crippen molar-refractivity contribution in [2.24, 2.45) is 0 Å². The first-order valence-electron chi connectivity index (χ1n) is 12.5. The van der Waals surface area contributed by atoms with Gasteiger partial charge in [0.15, 0.2) is 0 Å². The van der Waals surface area contributed by atoms with Gasteiger partial charge < -0.3 is 10.2 Å². The highest BCUT2D eigenvalue weighted by Gasteiger charge is 2.34. The Kier molecular flexibility index (Phi) is 10.5. The first-order chi connectivity index (χ1) is 18.6. The number of anilines is 1. The van der Waals surface area contributed by atoms with Gasteiger partial charge in [-0.3, -0.25) is 13.9 Å². The smallest absolute Gasteiger partial charge is 0.244 e. The molecule has 0 aliphatic carbocycles. The van der Waals surface area contributed by atoms with Crippen LogP contribution in [0.15, 0.2) is 72.8 Å². The number of halogens is 3. The maximum absolute atomic E-state index is 14.1. The van der Waals surface area contributed by atoms with Crippen LogP contribution in [0, 0.1) is 0 Å². The van der Waals surface area contributed by atoms with Crippen LogP contribution in [-0.4, -0.2) is 49.5 Å². The van der Waals surface area contributed by atoms with Gasteiger partial charge in [-0.05, 0) is 68.3 Å². The lowest BCUT2D eigenvalue weighted by molar-refractivity contribution is -0.140. The van der Waals surface area contributed by atoms with Gasteiger partial charge in [0.1, 0.15) is 12.6 Å². The fourth-order valence-corrected chi connectivity index (χ4v) is 5.51. The molecule has 0 aromatic heterocycles. The molecular weight excluding hydrogens is 593 g/mol. The van der Waals surface area contributed by atoms with E-state index in [0.717, 1.165) is 16.1 Å². The number of nitrogens with one attached hydrogen (secondary N) is 1. The Morgan fingerprint density at radius 3 is 2.05 bits per heavy atom. The highest BCUT2D eigenvalue weighted by atomic mass is 35.5. The second-order valence-corrected chi connectivity index (χ2v) is 13.6. The molecule has 2 amide bonds. The van der Waals surface area contributed by atoms with Crippen molar-refractivity contribution in [1.29, 1.82) is 0 Å². The largest absolute Gasteiger partial charge is 0.350 e. The van der Waals surface area contributed by atoms with Crippen molar-refractivity contribution in [1.82, 2.24) is 10.2 Å². The number of carbonyl (C=O) groups excluding carboxylic acids is 2. The summed E-state index contributed by atoms with van der Waals surface area (Å²) < 4.78 is 26.6. The molecule has 0 bridgehead atoms. The van der Waals surface area contributed by atoms with Crippen LogP contribution in [0.3, 0.4) is 0 Å². The van der Waals surface area contributed by atoms with E-state index in [2.05, 4.69) is 5.32 Å². The van der Waals surface area contributed by atoms with E-state index in [9.17, 15) is 18.0 Å². The minimum absolute atomic E-state index is 0.0535. The van der Waals surface area contributed by atoms with Crippen molar-refractivity contribution in [2.45, 2.75) is 45.3 Å². The molecule has 3 aromatic carbocycles. The van der Waals surface area contributed by atoms with E-state index in [0.29, 0.717) is 20.6 Å². The average molecular weight is 625 g/mol. The Bertz CT molecular complexity index is 1440.